The third kappa shape index (κ3) is 2.16. The Hall–Kier alpha value is -1.24. The summed E-state index contributed by atoms with van der Waals surface area (Å²) >= 11 is 0. The molecule has 0 aliphatic heterocycles. The summed E-state index contributed by atoms with van der Waals surface area (Å²) < 4.78 is 5.20. The van der Waals surface area contributed by atoms with Gasteiger partial charge in [0.2, 0.25) is 0 Å². The number of allylic oxidation sites excluding steroid dienone is 2. The lowest BCUT2D eigenvalue weighted by atomic mass is 10.0. The van der Waals surface area contributed by atoms with E-state index in [1.165, 1.54) is 24.8 Å². The van der Waals surface area contributed by atoms with Gasteiger partial charge in [0, 0.05) is 0 Å². The van der Waals surface area contributed by atoms with Crippen molar-refractivity contribution in [3.05, 3.63) is 41.5 Å². The minimum atomic E-state index is 0.959. The molecule has 0 saturated carbocycles. The molecule has 0 atom stereocenters. The zero-order valence-corrected chi connectivity index (χ0v) is 8.62. The van der Waals surface area contributed by atoms with Gasteiger partial charge in [-0.15, -0.1) is 0 Å². The highest BCUT2D eigenvalue weighted by Gasteiger charge is 2.05. The SMILES string of the molecule is COc1cccc(CC2=CCCC2)c1. The van der Waals surface area contributed by atoms with Crippen molar-refractivity contribution in [3.8, 4) is 5.75 Å². The van der Waals surface area contributed by atoms with Crippen LogP contribution in [0.3, 0.4) is 0 Å². The van der Waals surface area contributed by atoms with E-state index in [1.54, 1.807) is 12.7 Å². The first-order chi connectivity index (χ1) is 6.88. The highest BCUT2D eigenvalue weighted by Crippen LogP contribution is 2.23. The third-order valence-corrected chi connectivity index (χ3v) is 2.70. The quantitative estimate of drug-likeness (QED) is 0.661. The van der Waals surface area contributed by atoms with Gasteiger partial charge < -0.3 is 4.74 Å². The van der Waals surface area contributed by atoms with E-state index in [4.69, 9.17) is 4.74 Å². The van der Waals surface area contributed by atoms with Crippen molar-refractivity contribution in [2.45, 2.75) is 25.7 Å². The number of ether oxygens (including phenoxy) is 1. The van der Waals surface area contributed by atoms with E-state index in [1.807, 2.05) is 6.07 Å². The van der Waals surface area contributed by atoms with Gasteiger partial charge in [-0.1, -0.05) is 23.8 Å². The van der Waals surface area contributed by atoms with Crippen molar-refractivity contribution in [1.29, 1.82) is 0 Å². The molecular formula is C13H16O. The molecule has 0 aromatic heterocycles. The highest BCUT2D eigenvalue weighted by atomic mass is 16.5. The summed E-state index contributed by atoms with van der Waals surface area (Å²) in [6.45, 7) is 0. The summed E-state index contributed by atoms with van der Waals surface area (Å²) in [5.74, 6) is 0.959. The first-order valence-electron chi connectivity index (χ1n) is 5.19. The fourth-order valence-electron chi connectivity index (χ4n) is 1.94. The van der Waals surface area contributed by atoms with Crippen LogP contribution in [0.25, 0.3) is 0 Å². The van der Waals surface area contributed by atoms with Crippen LogP contribution in [0.4, 0.5) is 0 Å². The smallest absolute Gasteiger partial charge is 0.119 e. The standard InChI is InChI=1S/C13H16O/c1-14-13-8-4-7-12(10-13)9-11-5-2-3-6-11/h4-5,7-8,10H,2-3,6,9H2,1H3. The predicted octanol–water partition coefficient (Wildman–Crippen LogP) is 3.35. The van der Waals surface area contributed by atoms with Crippen molar-refractivity contribution in [2.75, 3.05) is 7.11 Å². The normalized spacial score (nSPS) is 15.4. The molecule has 74 valence electrons. The van der Waals surface area contributed by atoms with Crippen molar-refractivity contribution in [3.63, 3.8) is 0 Å². The van der Waals surface area contributed by atoms with E-state index in [0.29, 0.717) is 0 Å². The zero-order valence-electron chi connectivity index (χ0n) is 8.62. The maximum absolute atomic E-state index is 5.20. The molecule has 0 amide bonds. The first-order valence-corrected chi connectivity index (χ1v) is 5.19. The van der Waals surface area contributed by atoms with Gasteiger partial charge >= 0.3 is 0 Å². The van der Waals surface area contributed by atoms with Gasteiger partial charge in [0.25, 0.3) is 0 Å². The minimum absolute atomic E-state index is 0.959. The monoisotopic (exact) mass is 188 g/mol. The van der Waals surface area contributed by atoms with E-state index in [9.17, 15) is 0 Å². The molecule has 0 saturated heterocycles. The van der Waals surface area contributed by atoms with Gasteiger partial charge in [0.15, 0.2) is 0 Å². The molecule has 0 heterocycles. The Balaban J connectivity index is 2.08. The van der Waals surface area contributed by atoms with Crippen molar-refractivity contribution in [1.82, 2.24) is 0 Å². The Morgan fingerprint density at radius 2 is 2.29 bits per heavy atom. The van der Waals surface area contributed by atoms with Crippen LogP contribution in [0, 0.1) is 0 Å². The molecule has 0 radical (unpaired) electrons. The average molecular weight is 188 g/mol. The van der Waals surface area contributed by atoms with Crippen LogP contribution in [0.1, 0.15) is 24.8 Å². The Labute approximate surface area is 85.4 Å². The van der Waals surface area contributed by atoms with Crippen LogP contribution in [0.2, 0.25) is 0 Å². The van der Waals surface area contributed by atoms with Crippen molar-refractivity contribution < 1.29 is 4.74 Å². The third-order valence-electron chi connectivity index (χ3n) is 2.70. The van der Waals surface area contributed by atoms with E-state index in [-0.39, 0.29) is 0 Å². The predicted molar refractivity (Wildman–Crippen MR) is 58.6 cm³/mol. The van der Waals surface area contributed by atoms with Crippen molar-refractivity contribution >= 4 is 0 Å². The van der Waals surface area contributed by atoms with Gasteiger partial charge in [-0.3, -0.25) is 0 Å². The second kappa shape index (κ2) is 4.32. The van der Waals surface area contributed by atoms with Crippen molar-refractivity contribution in [2.24, 2.45) is 0 Å². The van der Waals surface area contributed by atoms with E-state index in [2.05, 4.69) is 24.3 Å². The second-order valence-electron chi connectivity index (χ2n) is 3.78. The van der Waals surface area contributed by atoms with Crippen LogP contribution in [-0.2, 0) is 6.42 Å². The van der Waals surface area contributed by atoms with Gasteiger partial charge in [-0.25, -0.2) is 0 Å². The number of hydrogen-bond acceptors (Lipinski definition) is 1. The van der Waals surface area contributed by atoms with Gasteiger partial charge in [0.1, 0.15) is 5.75 Å². The largest absolute Gasteiger partial charge is 0.497 e. The topological polar surface area (TPSA) is 9.23 Å². The molecule has 0 unspecified atom stereocenters. The molecule has 1 aromatic carbocycles. The lowest BCUT2D eigenvalue weighted by molar-refractivity contribution is 0.414. The van der Waals surface area contributed by atoms with Crippen LogP contribution in [-0.4, -0.2) is 7.11 Å². The Morgan fingerprint density at radius 3 is 3.00 bits per heavy atom. The van der Waals surface area contributed by atoms with Gasteiger partial charge in [-0.2, -0.15) is 0 Å². The molecule has 0 fully saturated rings. The number of methoxy groups -OCH3 is 1. The molecule has 1 aromatic rings. The van der Waals surface area contributed by atoms with Gasteiger partial charge in [0.05, 0.1) is 7.11 Å². The Kier molecular flexibility index (Phi) is 2.87. The molecule has 0 bridgehead atoms. The molecule has 0 N–H and O–H groups in total. The molecule has 1 nitrogen and oxygen atoms in total. The molecule has 1 aliphatic rings. The summed E-state index contributed by atoms with van der Waals surface area (Å²) in [5, 5.41) is 0. The summed E-state index contributed by atoms with van der Waals surface area (Å²) in [5.41, 5.74) is 2.94. The average Bonchev–Trinajstić information content (AvgIpc) is 2.71. The summed E-state index contributed by atoms with van der Waals surface area (Å²) in [4.78, 5) is 0. The molecule has 1 aliphatic carbocycles. The zero-order chi connectivity index (χ0) is 9.80. The Bertz CT molecular complexity index is 339. The van der Waals surface area contributed by atoms with Crippen LogP contribution in [0.15, 0.2) is 35.9 Å². The molecule has 2 rings (SSSR count). The summed E-state index contributed by atoms with van der Waals surface area (Å²) in [6, 6.07) is 8.34. The summed E-state index contributed by atoms with van der Waals surface area (Å²) in [7, 11) is 1.72. The minimum Gasteiger partial charge on any atom is -0.497 e. The number of rotatable bonds is 3. The van der Waals surface area contributed by atoms with E-state index < -0.39 is 0 Å². The lowest BCUT2D eigenvalue weighted by Crippen LogP contribution is -1.89. The Morgan fingerprint density at radius 1 is 1.36 bits per heavy atom. The van der Waals surface area contributed by atoms with E-state index >= 15 is 0 Å². The molecule has 1 heteroatoms. The van der Waals surface area contributed by atoms with Crippen LogP contribution >= 0.6 is 0 Å². The van der Waals surface area contributed by atoms with Gasteiger partial charge in [-0.05, 0) is 43.4 Å². The maximum Gasteiger partial charge on any atom is 0.119 e. The summed E-state index contributed by atoms with van der Waals surface area (Å²) in [6.07, 6.45) is 7.34. The first kappa shape index (κ1) is 9.32. The molecule has 14 heavy (non-hydrogen) atoms. The lowest BCUT2D eigenvalue weighted by Gasteiger charge is -2.04. The highest BCUT2D eigenvalue weighted by molar-refractivity contribution is 5.31. The maximum atomic E-state index is 5.20. The fraction of sp³-hybridized carbons (Fsp3) is 0.385. The number of benzene rings is 1. The molecule has 0 spiro atoms. The second-order valence-corrected chi connectivity index (χ2v) is 3.78. The van der Waals surface area contributed by atoms with E-state index in [0.717, 1.165) is 12.2 Å². The van der Waals surface area contributed by atoms with Crippen LogP contribution < -0.4 is 4.74 Å². The number of hydrogen-bond donors (Lipinski definition) is 0. The fourth-order valence-corrected chi connectivity index (χ4v) is 1.94. The molecular weight excluding hydrogens is 172 g/mol. The van der Waals surface area contributed by atoms with Crippen LogP contribution in [0.5, 0.6) is 5.75 Å².